The van der Waals surface area contributed by atoms with E-state index in [0.717, 1.165) is 51.4 Å². The van der Waals surface area contributed by atoms with Gasteiger partial charge in [-0.3, -0.25) is 9.59 Å². The van der Waals surface area contributed by atoms with E-state index in [1.165, 1.54) is 51.4 Å². The van der Waals surface area contributed by atoms with Crippen LogP contribution in [0.5, 0.6) is 0 Å². The van der Waals surface area contributed by atoms with Gasteiger partial charge in [0.2, 0.25) is 5.91 Å². The average Bonchev–Trinajstić information content (AvgIpc) is 2.93. The summed E-state index contributed by atoms with van der Waals surface area (Å²) in [4.78, 5) is 35.9. The highest BCUT2D eigenvalue weighted by molar-refractivity contribution is 5.83. The number of nitrogens with two attached hydrogens (primary N) is 1. The van der Waals surface area contributed by atoms with Crippen molar-refractivity contribution < 1.29 is 24.2 Å². The molecule has 0 saturated heterocycles. The van der Waals surface area contributed by atoms with Gasteiger partial charge in [-0.2, -0.15) is 0 Å². The second-order valence-electron chi connectivity index (χ2n) is 10.9. The summed E-state index contributed by atoms with van der Waals surface area (Å²) in [6, 6.07) is -0.870. The molecule has 0 heterocycles. The van der Waals surface area contributed by atoms with E-state index in [9.17, 15) is 19.5 Å². The Hall–Kier alpha value is -2.15. The second-order valence-corrected chi connectivity index (χ2v) is 10.9. The van der Waals surface area contributed by atoms with Crippen LogP contribution < -0.4 is 11.1 Å². The third kappa shape index (κ3) is 24.9. The van der Waals surface area contributed by atoms with Gasteiger partial charge in [-0.15, -0.1) is 0 Å². The zero-order valence-electron chi connectivity index (χ0n) is 25.7. The highest BCUT2D eigenvalue weighted by Crippen LogP contribution is 2.14. The standard InChI is InChI=1S/C33H60N2O5/c1-3-5-7-9-11-13-15-21-27-32(37)40-29(23-18-14-12-10-8-6-4-2)24-19-16-17-20-26-31(36)35-30(33(38)39)25-22-28-34/h10,12,18,23,29-30H,3-9,11,13-17,19-22,24-28,34H2,1-2H3,(H,35,36)(H,38,39)/b12-10-,23-18-. The van der Waals surface area contributed by atoms with Gasteiger partial charge in [-0.25, -0.2) is 4.79 Å². The first-order valence-electron chi connectivity index (χ1n) is 16.2. The van der Waals surface area contributed by atoms with E-state index in [1.54, 1.807) is 0 Å². The third-order valence-electron chi connectivity index (χ3n) is 7.00. The summed E-state index contributed by atoms with van der Waals surface area (Å²) in [6.45, 7) is 4.82. The van der Waals surface area contributed by atoms with Gasteiger partial charge in [-0.1, -0.05) is 103 Å². The van der Waals surface area contributed by atoms with Crippen LogP contribution in [0.15, 0.2) is 24.3 Å². The van der Waals surface area contributed by atoms with Gasteiger partial charge in [0, 0.05) is 12.8 Å². The molecule has 0 aromatic heterocycles. The van der Waals surface area contributed by atoms with Crippen molar-refractivity contribution in [3.63, 3.8) is 0 Å². The fourth-order valence-electron chi connectivity index (χ4n) is 4.50. The van der Waals surface area contributed by atoms with Crippen molar-refractivity contribution in [3.8, 4) is 0 Å². The van der Waals surface area contributed by atoms with Crippen LogP contribution in [0, 0.1) is 0 Å². The maximum absolute atomic E-state index is 12.5. The molecule has 0 aromatic rings. The number of aliphatic carboxylic acids is 1. The molecule has 7 nitrogen and oxygen atoms in total. The quantitative estimate of drug-likeness (QED) is 0.0507. The number of nitrogens with one attached hydrogen (secondary N) is 1. The number of rotatable bonds is 28. The van der Waals surface area contributed by atoms with E-state index >= 15 is 0 Å². The first-order valence-corrected chi connectivity index (χ1v) is 16.2. The second kappa shape index (κ2) is 28.4. The number of amides is 1. The van der Waals surface area contributed by atoms with E-state index in [-0.39, 0.29) is 18.0 Å². The molecule has 232 valence electrons. The SMILES string of the molecule is CCCC/C=C\C/C=C\C(CCCCCCC(=O)NC(CCCN)C(=O)O)OC(=O)CCCCCCCCCC. The summed E-state index contributed by atoms with van der Waals surface area (Å²) in [5.41, 5.74) is 5.45. The van der Waals surface area contributed by atoms with Gasteiger partial charge in [0.1, 0.15) is 12.1 Å². The molecular weight excluding hydrogens is 504 g/mol. The summed E-state index contributed by atoms with van der Waals surface area (Å²) in [5.74, 6) is -1.36. The Bertz CT molecular complexity index is 692. The van der Waals surface area contributed by atoms with Crippen LogP contribution in [0.25, 0.3) is 0 Å². The minimum absolute atomic E-state index is 0.113. The predicted octanol–water partition coefficient (Wildman–Crippen LogP) is 7.77. The normalized spacial score (nSPS) is 13.1. The monoisotopic (exact) mass is 564 g/mol. The lowest BCUT2D eigenvalue weighted by atomic mass is 10.1. The maximum Gasteiger partial charge on any atom is 0.326 e. The smallest absolute Gasteiger partial charge is 0.326 e. The number of allylic oxidation sites excluding steroid dienone is 3. The number of unbranched alkanes of at least 4 members (excludes halogenated alkanes) is 12. The fraction of sp³-hybridized carbons (Fsp3) is 0.788. The zero-order chi connectivity index (χ0) is 29.7. The van der Waals surface area contributed by atoms with Crippen LogP contribution in [0.1, 0.15) is 149 Å². The van der Waals surface area contributed by atoms with Crippen LogP contribution >= 0.6 is 0 Å². The molecule has 0 aromatic carbocycles. The number of hydrogen-bond acceptors (Lipinski definition) is 5. The largest absolute Gasteiger partial charge is 0.480 e. The van der Waals surface area contributed by atoms with Crippen molar-refractivity contribution in [1.82, 2.24) is 5.32 Å². The minimum Gasteiger partial charge on any atom is -0.480 e. The zero-order valence-corrected chi connectivity index (χ0v) is 25.7. The van der Waals surface area contributed by atoms with Crippen molar-refractivity contribution in [3.05, 3.63) is 24.3 Å². The van der Waals surface area contributed by atoms with E-state index in [2.05, 4.69) is 37.4 Å². The molecule has 0 fully saturated rings. The lowest BCUT2D eigenvalue weighted by Gasteiger charge is -2.15. The number of hydrogen-bond donors (Lipinski definition) is 3. The molecule has 2 atom stereocenters. The summed E-state index contributed by atoms with van der Waals surface area (Å²) in [5, 5.41) is 11.8. The van der Waals surface area contributed by atoms with Crippen molar-refractivity contribution in [2.24, 2.45) is 5.73 Å². The first kappa shape index (κ1) is 37.9. The third-order valence-corrected chi connectivity index (χ3v) is 7.00. The highest BCUT2D eigenvalue weighted by atomic mass is 16.5. The first-order chi connectivity index (χ1) is 19.4. The lowest BCUT2D eigenvalue weighted by molar-refractivity contribution is -0.147. The maximum atomic E-state index is 12.5. The Balaban J connectivity index is 4.40. The van der Waals surface area contributed by atoms with Crippen molar-refractivity contribution in [1.29, 1.82) is 0 Å². The molecule has 0 rings (SSSR count). The van der Waals surface area contributed by atoms with Crippen LogP contribution in [0.3, 0.4) is 0 Å². The number of esters is 1. The Morgan fingerprint density at radius 1 is 0.750 bits per heavy atom. The van der Waals surface area contributed by atoms with Crippen molar-refractivity contribution >= 4 is 17.8 Å². The Labute approximate surface area is 244 Å². The van der Waals surface area contributed by atoms with E-state index in [0.29, 0.717) is 38.6 Å². The van der Waals surface area contributed by atoms with Gasteiger partial charge in [-0.05, 0) is 64.0 Å². The average molecular weight is 565 g/mol. The number of carboxylic acid groups (broad SMARTS) is 1. The molecule has 0 bridgehead atoms. The van der Waals surface area contributed by atoms with Crippen LogP contribution in [-0.4, -0.2) is 41.6 Å². The van der Waals surface area contributed by atoms with Gasteiger partial charge in [0.15, 0.2) is 0 Å². The molecule has 1 amide bonds. The highest BCUT2D eigenvalue weighted by Gasteiger charge is 2.18. The molecule has 2 unspecified atom stereocenters. The van der Waals surface area contributed by atoms with Crippen molar-refractivity contribution in [2.75, 3.05) is 6.54 Å². The lowest BCUT2D eigenvalue weighted by Crippen LogP contribution is -2.40. The molecule has 0 spiro atoms. The Morgan fingerprint density at radius 3 is 2.02 bits per heavy atom. The molecular formula is C33H60N2O5. The van der Waals surface area contributed by atoms with Crippen LogP contribution in [0.4, 0.5) is 0 Å². The van der Waals surface area contributed by atoms with Gasteiger partial charge in [0.25, 0.3) is 0 Å². The van der Waals surface area contributed by atoms with E-state index in [1.807, 2.05) is 6.08 Å². The summed E-state index contributed by atoms with van der Waals surface area (Å²) in [7, 11) is 0. The number of ether oxygens (including phenoxy) is 1. The minimum atomic E-state index is -1.02. The molecule has 40 heavy (non-hydrogen) atoms. The summed E-state index contributed by atoms with van der Waals surface area (Å²) >= 11 is 0. The Kier molecular flexibility index (Phi) is 26.9. The summed E-state index contributed by atoms with van der Waals surface area (Å²) < 4.78 is 5.82. The van der Waals surface area contributed by atoms with E-state index in [4.69, 9.17) is 10.5 Å². The molecule has 7 heteroatoms. The predicted molar refractivity (Wildman–Crippen MR) is 165 cm³/mol. The van der Waals surface area contributed by atoms with Crippen LogP contribution in [-0.2, 0) is 19.1 Å². The number of carbonyl (C=O) groups excluding carboxylic acids is 2. The van der Waals surface area contributed by atoms with Gasteiger partial charge in [0.05, 0.1) is 0 Å². The number of carboxylic acids is 1. The number of carbonyl (C=O) groups is 3. The molecule has 0 radical (unpaired) electrons. The van der Waals surface area contributed by atoms with Gasteiger partial charge < -0.3 is 20.9 Å². The van der Waals surface area contributed by atoms with E-state index < -0.39 is 12.0 Å². The van der Waals surface area contributed by atoms with Crippen LogP contribution in [0.2, 0.25) is 0 Å². The van der Waals surface area contributed by atoms with Crippen molar-refractivity contribution in [2.45, 2.75) is 161 Å². The molecule has 4 N–H and O–H groups in total. The topological polar surface area (TPSA) is 119 Å². The van der Waals surface area contributed by atoms with Gasteiger partial charge >= 0.3 is 11.9 Å². The Morgan fingerprint density at radius 2 is 1.38 bits per heavy atom. The molecule has 0 saturated carbocycles. The fourth-order valence-corrected chi connectivity index (χ4v) is 4.50. The molecule has 0 aliphatic carbocycles. The molecule has 0 aliphatic rings. The summed E-state index contributed by atoms with van der Waals surface area (Å²) in [6.07, 6.45) is 28.1. The molecule has 0 aliphatic heterocycles.